The summed E-state index contributed by atoms with van der Waals surface area (Å²) in [6, 6.07) is 10.8. The number of halogens is 1. The van der Waals surface area contributed by atoms with E-state index < -0.39 is 23.9 Å². The number of carbonyl (C=O) groups is 2. The first-order valence-corrected chi connectivity index (χ1v) is 13.3. The molecule has 0 saturated carbocycles. The highest BCUT2D eigenvalue weighted by Crippen LogP contribution is 2.37. The normalized spacial score (nSPS) is 22.5. The molecule has 2 heterocycles. The molecule has 0 aliphatic carbocycles. The summed E-state index contributed by atoms with van der Waals surface area (Å²) >= 11 is 6.26. The lowest BCUT2D eigenvalue weighted by Gasteiger charge is -2.30. The fourth-order valence-electron chi connectivity index (χ4n) is 4.92. The van der Waals surface area contributed by atoms with Gasteiger partial charge in [-0.25, -0.2) is 4.79 Å². The molecule has 1 atom stereocenters. The molecule has 0 aromatic heterocycles. The van der Waals surface area contributed by atoms with Crippen LogP contribution < -0.4 is 9.64 Å². The minimum atomic E-state index is -2.35. The molecule has 0 fully saturated rings. The van der Waals surface area contributed by atoms with Gasteiger partial charge in [-0.05, 0) is 79.5 Å². The first kappa shape index (κ1) is 27.0. The molecule has 198 valence electrons. The quantitative estimate of drug-likeness (QED) is 0.512. The molecule has 0 radical (unpaired) electrons. The number of ether oxygens (including phenoxy) is 1. The average Bonchev–Trinajstić information content (AvgIpc) is 2.90. The van der Waals surface area contributed by atoms with Gasteiger partial charge in [0.15, 0.2) is 5.60 Å². The number of amides is 1. The smallest absolute Gasteiger partial charge is 0.340 e. The summed E-state index contributed by atoms with van der Waals surface area (Å²) in [5, 5.41) is 22.1. The second-order valence-electron chi connectivity index (χ2n) is 9.89. The Labute approximate surface area is 223 Å². The number of rotatable bonds is 1. The number of fused-ring (bicyclic) bond motifs is 2. The van der Waals surface area contributed by atoms with Gasteiger partial charge in [0.2, 0.25) is 5.91 Å². The molecule has 7 nitrogen and oxygen atoms in total. The number of hydrogen-bond donors (Lipinski definition) is 2. The summed E-state index contributed by atoms with van der Waals surface area (Å²) in [6.45, 7) is 2.32. The summed E-state index contributed by atoms with van der Waals surface area (Å²) in [7, 11) is 1.63. The van der Waals surface area contributed by atoms with E-state index in [-0.39, 0.29) is 5.56 Å². The van der Waals surface area contributed by atoms with Crippen LogP contribution in [0.3, 0.4) is 0 Å². The SMILES string of the molecule is CN1CC/C=C/CCCN2CCCCc3cc(Cl)ccc3COc3ccc(cc32)[C@@](O)(C(=O)O)CC1=O. The number of anilines is 1. The predicted octanol–water partition coefficient (Wildman–Crippen LogP) is 4.92. The number of benzene rings is 2. The largest absolute Gasteiger partial charge is 0.487 e. The number of hydrogen-bond acceptors (Lipinski definition) is 5. The van der Waals surface area contributed by atoms with Gasteiger partial charge in [-0.15, -0.1) is 0 Å². The fraction of sp³-hybridized carbons (Fsp3) is 0.448. The Bertz CT molecular complexity index is 1170. The number of carboxylic acid groups (broad SMARTS) is 1. The van der Waals surface area contributed by atoms with Crippen LogP contribution in [0.4, 0.5) is 5.69 Å². The molecule has 2 N–H and O–H groups in total. The highest BCUT2D eigenvalue weighted by molar-refractivity contribution is 6.30. The minimum Gasteiger partial charge on any atom is -0.487 e. The van der Waals surface area contributed by atoms with Gasteiger partial charge in [-0.1, -0.05) is 35.9 Å². The van der Waals surface area contributed by atoms with E-state index in [9.17, 15) is 19.8 Å². The third-order valence-electron chi connectivity index (χ3n) is 7.24. The molecule has 2 aliphatic heterocycles. The number of aliphatic carboxylic acids is 1. The first-order chi connectivity index (χ1) is 17.8. The van der Waals surface area contributed by atoms with Crippen LogP contribution in [0.25, 0.3) is 0 Å². The van der Waals surface area contributed by atoms with Crippen molar-refractivity contribution in [2.75, 3.05) is 31.6 Å². The van der Waals surface area contributed by atoms with E-state index in [4.69, 9.17) is 16.3 Å². The molecule has 2 aliphatic rings. The van der Waals surface area contributed by atoms with Crippen LogP contribution in [0, 0.1) is 0 Å². The van der Waals surface area contributed by atoms with E-state index in [0.29, 0.717) is 30.3 Å². The average molecular weight is 527 g/mol. The molecule has 4 rings (SSSR count). The van der Waals surface area contributed by atoms with Crippen molar-refractivity contribution in [3.63, 3.8) is 0 Å². The van der Waals surface area contributed by atoms with Crippen molar-refractivity contribution in [3.8, 4) is 5.75 Å². The van der Waals surface area contributed by atoms with Crippen molar-refractivity contribution in [3.05, 3.63) is 70.3 Å². The van der Waals surface area contributed by atoms with Crippen molar-refractivity contribution in [1.29, 1.82) is 0 Å². The monoisotopic (exact) mass is 526 g/mol. The van der Waals surface area contributed by atoms with Crippen LogP contribution in [0.1, 0.15) is 55.2 Å². The van der Waals surface area contributed by atoms with Gasteiger partial charge in [-0.3, -0.25) is 4.79 Å². The standard InChI is InChI=1S/C29H35ClN2O5/c1-31-14-6-3-2-4-7-15-32-16-8-5-9-21-17-24(30)12-10-22(21)20-37-26-13-11-23(18-25(26)32)29(36,28(34)35)19-27(31)33/h2-3,10-13,17-18,36H,4-9,14-16,19-20H2,1H3,(H,34,35)/b3-2+/t29-/m1/s1. The van der Waals surface area contributed by atoms with E-state index in [0.717, 1.165) is 56.4 Å². The van der Waals surface area contributed by atoms with Gasteiger partial charge >= 0.3 is 5.97 Å². The molecule has 0 saturated heterocycles. The lowest BCUT2D eigenvalue weighted by Crippen LogP contribution is -2.42. The molecule has 2 bridgehead atoms. The van der Waals surface area contributed by atoms with E-state index in [1.165, 1.54) is 10.5 Å². The van der Waals surface area contributed by atoms with Crippen LogP contribution in [-0.2, 0) is 28.2 Å². The van der Waals surface area contributed by atoms with Crippen LogP contribution in [0.5, 0.6) is 5.75 Å². The third-order valence-corrected chi connectivity index (χ3v) is 7.47. The summed E-state index contributed by atoms with van der Waals surface area (Å²) in [5.41, 5.74) is 0.782. The number of carbonyl (C=O) groups excluding carboxylic acids is 1. The van der Waals surface area contributed by atoms with E-state index >= 15 is 0 Å². The van der Waals surface area contributed by atoms with Crippen LogP contribution >= 0.6 is 11.6 Å². The molecule has 1 amide bonds. The Morgan fingerprint density at radius 2 is 1.78 bits per heavy atom. The highest BCUT2D eigenvalue weighted by atomic mass is 35.5. The maximum Gasteiger partial charge on any atom is 0.340 e. The third kappa shape index (κ3) is 6.46. The number of aryl methyl sites for hydroxylation is 1. The van der Waals surface area contributed by atoms with Crippen molar-refractivity contribution < 1.29 is 24.5 Å². The van der Waals surface area contributed by atoms with Crippen molar-refractivity contribution >= 4 is 29.2 Å². The Balaban J connectivity index is 1.77. The second kappa shape index (κ2) is 12.0. The Morgan fingerprint density at radius 3 is 2.59 bits per heavy atom. The second-order valence-corrected chi connectivity index (χ2v) is 10.3. The Kier molecular flexibility index (Phi) is 8.77. The molecule has 0 unspecified atom stereocenters. The zero-order valence-corrected chi connectivity index (χ0v) is 22.0. The predicted molar refractivity (Wildman–Crippen MR) is 144 cm³/mol. The lowest BCUT2D eigenvalue weighted by molar-refractivity contribution is -0.164. The Hall–Kier alpha value is -3.03. The molecule has 37 heavy (non-hydrogen) atoms. The lowest BCUT2D eigenvalue weighted by atomic mass is 9.89. The summed E-state index contributed by atoms with van der Waals surface area (Å²) in [6.07, 6.45) is 8.91. The zero-order valence-electron chi connectivity index (χ0n) is 21.3. The van der Waals surface area contributed by atoms with Gasteiger partial charge in [0.25, 0.3) is 0 Å². The number of carboxylic acids is 1. The summed E-state index contributed by atoms with van der Waals surface area (Å²) < 4.78 is 6.30. The highest BCUT2D eigenvalue weighted by Gasteiger charge is 2.42. The van der Waals surface area contributed by atoms with Crippen molar-refractivity contribution in [1.82, 2.24) is 4.90 Å². The van der Waals surface area contributed by atoms with Gasteiger partial charge in [0, 0.05) is 31.7 Å². The molecule has 0 spiro atoms. The van der Waals surface area contributed by atoms with E-state index in [2.05, 4.69) is 17.1 Å². The summed E-state index contributed by atoms with van der Waals surface area (Å²) in [4.78, 5) is 28.9. The van der Waals surface area contributed by atoms with E-state index in [1.54, 1.807) is 25.2 Å². The van der Waals surface area contributed by atoms with Crippen LogP contribution in [0.2, 0.25) is 5.02 Å². The topological polar surface area (TPSA) is 90.3 Å². The van der Waals surface area contributed by atoms with Crippen molar-refractivity contribution in [2.24, 2.45) is 0 Å². The molecule has 2 aromatic rings. The van der Waals surface area contributed by atoms with Gasteiger partial charge < -0.3 is 24.7 Å². The molecule has 8 heteroatoms. The maximum atomic E-state index is 12.9. The maximum absolute atomic E-state index is 12.9. The molecular weight excluding hydrogens is 492 g/mol. The number of aliphatic hydroxyl groups is 1. The van der Waals surface area contributed by atoms with Crippen molar-refractivity contribution in [2.45, 2.75) is 57.2 Å². The number of allylic oxidation sites excluding steroid dienone is 1. The minimum absolute atomic E-state index is 0.171. The van der Waals surface area contributed by atoms with Gasteiger partial charge in [0.05, 0.1) is 12.1 Å². The van der Waals surface area contributed by atoms with Crippen LogP contribution in [-0.4, -0.2) is 53.7 Å². The molecule has 2 aromatic carbocycles. The fourth-order valence-corrected chi connectivity index (χ4v) is 5.12. The summed E-state index contributed by atoms with van der Waals surface area (Å²) in [5.74, 6) is -1.26. The molecular formula is C29H35ClN2O5. The van der Waals surface area contributed by atoms with E-state index in [1.807, 2.05) is 18.2 Å². The van der Waals surface area contributed by atoms with Gasteiger partial charge in [-0.2, -0.15) is 0 Å². The first-order valence-electron chi connectivity index (χ1n) is 12.9. The number of nitrogens with zero attached hydrogens (tertiary/aromatic N) is 2. The zero-order chi connectivity index (χ0) is 26.4. The van der Waals surface area contributed by atoms with Gasteiger partial charge in [0.1, 0.15) is 12.4 Å². The Morgan fingerprint density at radius 1 is 1.00 bits per heavy atom. The van der Waals surface area contributed by atoms with Crippen LogP contribution in [0.15, 0.2) is 48.6 Å².